The van der Waals surface area contributed by atoms with E-state index in [-0.39, 0.29) is 6.04 Å². The van der Waals surface area contributed by atoms with Crippen LogP contribution in [0.2, 0.25) is 0 Å². The summed E-state index contributed by atoms with van der Waals surface area (Å²) in [6, 6.07) is 16.8. The Bertz CT molecular complexity index is 530. The Labute approximate surface area is 127 Å². The molecule has 0 spiro atoms. The van der Waals surface area contributed by atoms with Crippen LogP contribution in [0.4, 0.5) is 0 Å². The normalized spacial score (nSPS) is 12.1. The van der Waals surface area contributed by atoms with Gasteiger partial charge in [0, 0.05) is 6.04 Å². The molecular weight excluding hydrogens is 258 g/mol. The monoisotopic (exact) mass is 283 g/mol. The van der Waals surface area contributed by atoms with Gasteiger partial charge in [-0.05, 0) is 43.0 Å². The Morgan fingerprint density at radius 1 is 1.00 bits per heavy atom. The van der Waals surface area contributed by atoms with Crippen LogP contribution >= 0.6 is 0 Å². The van der Waals surface area contributed by atoms with Crippen LogP contribution in [0.5, 0.6) is 5.75 Å². The van der Waals surface area contributed by atoms with Crippen LogP contribution in [0.1, 0.15) is 42.5 Å². The van der Waals surface area contributed by atoms with Crippen molar-refractivity contribution < 1.29 is 4.74 Å². The van der Waals surface area contributed by atoms with E-state index in [1.807, 2.05) is 12.1 Å². The minimum atomic E-state index is 0.0254. The molecule has 0 aliphatic rings. The first-order chi connectivity index (χ1) is 10.2. The average Bonchev–Trinajstić information content (AvgIpc) is 2.50. The number of unbranched alkanes of at least 4 members (excludes halogenated alkanes) is 1. The Morgan fingerprint density at radius 3 is 2.29 bits per heavy atom. The molecule has 0 amide bonds. The fourth-order valence-corrected chi connectivity index (χ4v) is 2.24. The molecule has 2 nitrogen and oxygen atoms in total. The van der Waals surface area contributed by atoms with E-state index in [4.69, 9.17) is 10.5 Å². The van der Waals surface area contributed by atoms with Crippen LogP contribution in [-0.4, -0.2) is 6.61 Å². The summed E-state index contributed by atoms with van der Waals surface area (Å²) in [5.41, 5.74) is 10.0. The predicted octanol–water partition coefficient (Wildman–Crippen LogP) is 4.42. The fraction of sp³-hybridized carbons (Fsp3) is 0.368. The highest BCUT2D eigenvalue weighted by molar-refractivity contribution is 5.31. The second kappa shape index (κ2) is 7.84. The van der Waals surface area contributed by atoms with Crippen LogP contribution in [0, 0.1) is 6.92 Å². The van der Waals surface area contributed by atoms with Crippen LogP contribution in [0.15, 0.2) is 48.5 Å². The maximum Gasteiger partial charge on any atom is 0.119 e. The number of benzene rings is 2. The van der Waals surface area contributed by atoms with Gasteiger partial charge < -0.3 is 10.5 Å². The molecular formula is C19H25NO. The Hall–Kier alpha value is -1.80. The Balaban J connectivity index is 1.93. The molecule has 0 saturated carbocycles. The molecule has 112 valence electrons. The first-order valence-corrected chi connectivity index (χ1v) is 7.73. The summed E-state index contributed by atoms with van der Waals surface area (Å²) in [7, 11) is 0. The van der Waals surface area contributed by atoms with E-state index >= 15 is 0 Å². The van der Waals surface area contributed by atoms with Gasteiger partial charge in [0.1, 0.15) is 5.75 Å². The van der Waals surface area contributed by atoms with Crippen LogP contribution in [0.25, 0.3) is 0 Å². The maximum atomic E-state index is 6.30. The zero-order valence-electron chi connectivity index (χ0n) is 13.0. The maximum absolute atomic E-state index is 6.30. The van der Waals surface area contributed by atoms with Gasteiger partial charge in [0.15, 0.2) is 0 Å². The third-order valence-electron chi connectivity index (χ3n) is 3.65. The molecule has 0 aliphatic heterocycles. The lowest BCUT2D eigenvalue weighted by Gasteiger charge is -2.13. The lowest BCUT2D eigenvalue weighted by molar-refractivity contribution is 0.309. The summed E-state index contributed by atoms with van der Waals surface area (Å²) in [5.74, 6) is 0.926. The molecule has 2 heteroatoms. The summed E-state index contributed by atoms with van der Waals surface area (Å²) < 4.78 is 5.67. The minimum absolute atomic E-state index is 0.0254. The smallest absolute Gasteiger partial charge is 0.119 e. The van der Waals surface area contributed by atoms with Gasteiger partial charge in [0.2, 0.25) is 0 Å². The van der Waals surface area contributed by atoms with Gasteiger partial charge in [0.25, 0.3) is 0 Å². The van der Waals surface area contributed by atoms with E-state index in [2.05, 4.69) is 50.2 Å². The molecule has 0 aromatic heterocycles. The minimum Gasteiger partial charge on any atom is -0.494 e. The predicted molar refractivity (Wildman–Crippen MR) is 88.7 cm³/mol. The lowest BCUT2D eigenvalue weighted by atomic mass is 9.99. The number of aryl methyl sites for hydroxylation is 1. The quantitative estimate of drug-likeness (QED) is 0.764. The summed E-state index contributed by atoms with van der Waals surface area (Å²) in [5, 5.41) is 0. The summed E-state index contributed by atoms with van der Waals surface area (Å²) in [6.45, 7) is 5.04. The first kappa shape index (κ1) is 15.6. The van der Waals surface area contributed by atoms with Gasteiger partial charge in [-0.25, -0.2) is 0 Å². The molecule has 2 rings (SSSR count). The first-order valence-electron chi connectivity index (χ1n) is 7.73. The van der Waals surface area contributed by atoms with Crippen molar-refractivity contribution in [3.8, 4) is 5.75 Å². The molecule has 0 heterocycles. The van der Waals surface area contributed by atoms with Gasteiger partial charge >= 0.3 is 0 Å². The van der Waals surface area contributed by atoms with E-state index < -0.39 is 0 Å². The third kappa shape index (κ3) is 4.91. The largest absolute Gasteiger partial charge is 0.494 e. The summed E-state index contributed by atoms with van der Waals surface area (Å²) in [4.78, 5) is 0. The highest BCUT2D eigenvalue weighted by Crippen LogP contribution is 2.20. The van der Waals surface area contributed by atoms with Gasteiger partial charge in [0.05, 0.1) is 6.61 Å². The standard InChI is InChI=1S/C19H25NO/c1-3-4-13-21-18-11-9-17(10-12-18)19(20)14-16-7-5-15(2)6-8-16/h5-12,19H,3-4,13-14,20H2,1-2H3. The molecule has 1 unspecified atom stereocenters. The van der Waals surface area contributed by atoms with Gasteiger partial charge in [-0.15, -0.1) is 0 Å². The van der Waals surface area contributed by atoms with Crippen LogP contribution in [-0.2, 0) is 6.42 Å². The Kier molecular flexibility index (Phi) is 5.82. The molecule has 0 saturated heterocycles. The topological polar surface area (TPSA) is 35.2 Å². The summed E-state index contributed by atoms with van der Waals surface area (Å²) >= 11 is 0. The zero-order valence-corrected chi connectivity index (χ0v) is 13.0. The van der Waals surface area contributed by atoms with Crippen molar-refractivity contribution >= 4 is 0 Å². The zero-order chi connectivity index (χ0) is 15.1. The van der Waals surface area contributed by atoms with Gasteiger partial charge in [-0.3, -0.25) is 0 Å². The van der Waals surface area contributed by atoms with Crippen molar-refractivity contribution in [3.05, 3.63) is 65.2 Å². The average molecular weight is 283 g/mol. The molecule has 2 N–H and O–H groups in total. The molecule has 0 aliphatic carbocycles. The van der Waals surface area contributed by atoms with E-state index in [9.17, 15) is 0 Å². The summed E-state index contributed by atoms with van der Waals surface area (Å²) in [6.07, 6.45) is 3.10. The molecule has 0 fully saturated rings. The second-order valence-electron chi connectivity index (χ2n) is 5.57. The van der Waals surface area contributed by atoms with E-state index in [0.29, 0.717) is 0 Å². The van der Waals surface area contributed by atoms with Crippen LogP contribution in [0.3, 0.4) is 0 Å². The second-order valence-corrected chi connectivity index (χ2v) is 5.57. The van der Waals surface area contributed by atoms with E-state index in [1.165, 1.54) is 11.1 Å². The van der Waals surface area contributed by atoms with Crippen molar-refractivity contribution in [2.75, 3.05) is 6.61 Å². The molecule has 1 atom stereocenters. The number of ether oxygens (including phenoxy) is 1. The number of hydrogen-bond donors (Lipinski definition) is 1. The van der Waals surface area contributed by atoms with Crippen LogP contribution < -0.4 is 10.5 Å². The van der Waals surface area contributed by atoms with Crippen molar-refractivity contribution in [3.63, 3.8) is 0 Å². The number of hydrogen-bond acceptors (Lipinski definition) is 2. The highest BCUT2D eigenvalue weighted by Gasteiger charge is 2.07. The van der Waals surface area contributed by atoms with Crippen molar-refractivity contribution in [2.24, 2.45) is 5.73 Å². The number of rotatable bonds is 7. The molecule has 0 bridgehead atoms. The Morgan fingerprint density at radius 2 is 1.67 bits per heavy atom. The van der Waals surface area contributed by atoms with Crippen molar-refractivity contribution in [2.45, 2.75) is 39.2 Å². The van der Waals surface area contributed by atoms with Crippen molar-refractivity contribution in [1.82, 2.24) is 0 Å². The molecule has 21 heavy (non-hydrogen) atoms. The molecule has 2 aromatic rings. The van der Waals surface area contributed by atoms with E-state index in [1.54, 1.807) is 0 Å². The highest BCUT2D eigenvalue weighted by atomic mass is 16.5. The van der Waals surface area contributed by atoms with E-state index in [0.717, 1.165) is 37.2 Å². The fourth-order valence-electron chi connectivity index (χ4n) is 2.24. The molecule has 0 radical (unpaired) electrons. The van der Waals surface area contributed by atoms with Crippen molar-refractivity contribution in [1.29, 1.82) is 0 Å². The lowest BCUT2D eigenvalue weighted by Crippen LogP contribution is -2.13. The third-order valence-corrected chi connectivity index (χ3v) is 3.65. The SMILES string of the molecule is CCCCOc1ccc(C(N)Cc2ccc(C)cc2)cc1. The van der Waals surface area contributed by atoms with Gasteiger partial charge in [-0.1, -0.05) is 55.3 Å². The molecule has 2 aromatic carbocycles. The van der Waals surface area contributed by atoms with Gasteiger partial charge in [-0.2, -0.15) is 0 Å². The number of nitrogens with two attached hydrogens (primary N) is 1.